The van der Waals surface area contributed by atoms with Gasteiger partial charge in [0.25, 0.3) is 5.91 Å². The van der Waals surface area contributed by atoms with Gasteiger partial charge in [-0.15, -0.1) is 0 Å². The van der Waals surface area contributed by atoms with E-state index in [1.807, 2.05) is 12.1 Å². The summed E-state index contributed by atoms with van der Waals surface area (Å²) in [4.78, 5) is 25.5. The number of carbonyl (C=O) groups is 2. The van der Waals surface area contributed by atoms with Crippen LogP contribution in [-0.4, -0.2) is 40.2 Å². The SMILES string of the molecule is Cc1nn(Cc2ccc(Cl)cc2)c(Cl)c1/C=C/C(=O)OCC(=O)N(C)Cc1ccco1. The van der Waals surface area contributed by atoms with E-state index in [0.29, 0.717) is 40.3 Å². The van der Waals surface area contributed by atoms with E-state index in [1.165, 1.54) is 23.3 Å². The van der Waals surface area contributed by atoms with E-state index in [9.17, 15) is 9.59 Å². The van der Waals surface area contributed by atoms with Crippen LogP contribution in [0.5, 0.6) is 0 Å². The number of rotatable bonds is 8. The number of nitrogens with zero attached hydrogens (tertiary/aromatic N) is 3. The molecule has 162 valence electrons. The second kappa shape index (κ2) is 10.3. The number of carbonyl (C=O) groups excluding carboxylic acids is 2. The maximum absolute atomic E-state index is 12.1. The molecule has 7 nitrogen and oxygen atoms in total. The first-order chi connectivity index (χ1) is 14.8. The van der Waals surface area contributed by atoms with E-state index in [0.717, 1.165) is 5.56 Å². The van der Waals surface area contributed by atoms with Gasteiger partial charge in [0.1, 0.15) is 10.9 Å². The summed E-state index contributed by atoms with van der Waals surface area (Å²) in [6.45, 7) is 2.18. The largest absolute Gasteiger partial charge is 0.467 e. The van der Waals surface area contributed by atoms with Crippen LogP contribution in [0.15, 0.2) is 53.2 Å². The van der Waals surface area contributed by atoms with Gasteiger partial charge in [-0.1, -0.05) is 35.3 Å². The Morgan fingerprint density at radius 3 is 2.65 bits per heavy atom. The van der Waals surface area contributed by atoms with Crippen molar-refractivity contribution in [1.29, 1.82) is 0 Å². The molecular formula is C22H21Cl2N3O4. The van der Waals surface area contributed by atoms with Crippen LogP contribution in [0.25, 0.3) is 6.08 Å². The Hall–Kier alpha value is -3.03. The molecule has 0 saturated carbocycles. The van der Waals surface area contributed by atoms with Crippen LogP contribution in [0, 0.1) is 6.92 Å². The number of amides is 1. The van der Waals surface area contributed by atoms with Crippen LogP contribution in [0.1, 0.15) is 22.6 Å². The lowest BCUT2D eigenvalue weighted by atomic mass is 10.2. The molecule has 0 radical (unpaired) electrons. The van der Waals surface area contributed by atoms with Crippen molar-refractivity contribution in [2.45, 2.75) is 20.0 Å². The lowest BCUT2D eigenvalue weighted by Gasteiger charge is -2.15. The van der Waals surface area contributed by atoms with Crippen LogP contribution in [0.2, 0.25) is 10.2 Å². The van der Waals surface area contributed by atoms with E-state index in [1.54, 1.807) is 42.9 Å². The summed E-state index contributed by atoms with van der Waals surface area (Å²) < 4.78 is 11.9. The maximum atomic E-state index is 12.1. The lowest BCUT2D eigenvalue weighted by molar-refractivity contribution is -0.147. The molecule has 0 spiro atoms. The van der Waals surface area contributed by atoms with Gasteiger partial charge in [0, 0.05) is 23.7 Å². The van der Waals surface area contributed by atoms with Gasteiger partial charge in [-0.25, -0.2) is 9.48 Å². The highest BCUT2D eigenvalue weighted by atomic mass is 35.5. The molecule has 0 atom stereocenters. The summed E-state index contributed by atoms with van der Waals surface area (Å²) in [5.41, 5.74) is 2.26. The van der Waals surface area contributed by atoms with E-state index >= 15 is 0 Å². The van der Waals surface area contributed by atoms with Gasteiger partial charge >= 0.3 is 5.97 Å². The van der Waals surface area contributed by atoms with Gasteiger partial charge < -0.3 is 14.1 Å². The number of esters is 1. The Kier molecular flexibility index (Phi) is 7.55. The number of ether oxygens (including phenoxy) is 1. The van der Waals surface area contributed by atoms with Gasteiger partial charge in [-0.3, -0.25) is 4.79 Å². The third kappa shape index (κ3) is 6.23. The standard InChI is InChI=1S/C22H21Cl2N3O4/c1-15-19(22(24)27(25-15)12-16-5-7-17(23)8-6-16)9-10-21(29)31-14-20(28)26(2)13-18-4-3-11-30-18/h3-11H,12-14H2,1-2H3/b10-9+. The number of likely N-dealkylation sites (N-methyl/N-ethyl adjacent to an activating group) is 1. The van der Waals surface area contributed by atoms with Crippen molar-refractivity contribution in [1.82, 2.24) is 14.7 Å². The number of furan rings is 1. The first kappa shape index (κ1) is 22.7. The maximum Gasteiger partial charge on any atom is 0.331 e. The summed E-state index contributed by atoms with van der Waals surface area (Å²) >= 11 is 12.3. The molecule has 0 fully saturated rings. The highest BCUT2D eigenvalue weighted by Gasteiger charge is 2.14. The quantitative estimate of drug-likeness (QED) is 0.367. The molecule has 31 heavy (non-hydrogen) atoms. The molecule has 0 saturated heterocycles. The van der Waals surface area contributed by atoms with Crippen molar-refractivity contribution in [2.75, 3.05) is 13.7 Å². The Morgan fingerprint density at radius 2 is 1.97 bits per heavy atom. The number of halogens is 2. The summed E-state index contributed by atoms with van der Waals surface area (Å²) in [5, 5.41) is 5.46. The first-order valence-electron chi connectivity index (χ1n) is 9.42. The Bertz CT molecular complexity index is 1070. The molecular weight excluding hydrogens is 441 g/mol. The summed E-state index contributed by atoms with van der Waals surface area (Å²) in [6, 6.07) is 10.9. The normalized spacial score (nSPS) is 11.1. The fourth-order valence-corrected chi connectivity index (χ4v) is 3.21. The molecule has 2 heterocycles. The zero-order chi connectivity index (χ0) is 22.4. The lowest BCUT2D eigenvalue weighted by Crippen LogP contribution is -2.30. The second-order valence-corrected chi connectivity index (χ2v) is 7.64. The van der Waals surface area contributed by atoms with Crippen molar-refractivity contribution in [3.05, 3.63) is 81.5 Å². The first-order valence-corrected chi connectivity index (χ1v) is 10.2. The molecule has 2 aromatic heterocycles. The molecule has 0 aliphatic rings. The Labute approximate surface area is 189 Å². The average Bonchev–Trinajstić information content (AvgIpc) is 3.34. The summed E-state index contributed by atoms with van der Waals surface area (Å²) in [6.07, 6.45) is 4.29. The molecule has 0 unspecified atom stereocenters. The van der Waals surface area contributed by atoms with Crippen LogP contribution < -0.4 is 0 Å². The van der Waals surface area contributed by atoms with E-state index in [2.05, 4.69) is 5.10 Å². The molecule has 0 bridgehead atoms. The second-order valence-electron chi connectivity index (χ2n) is 6.84. The van der Waals surface area contributed by atoms with E-state index in [4.69, 9.17) is 32.4 Å². The van der Waals surface area contributed by atoms with Crippen molar-refractivity contribution in [3.63, 3.8) is 0 Å². The zero-order valence-electron chi connectivity index (χ0n) is 17.0. The van der Waals surface area contributed by atoms with Crippen LogP contribution >= 0.6 is 23.2 Å². The topological polar surface area (TPSA) is 77.6 Å². The fourth-order valence-electron chi connectivity index (χ4n) is 2.79. The minimum absolute atomic E-state index is 0.292. The number of aryl methyl sites for hydroxylation is 1. The molecule has 3 rings (SSSR count). The zero-order valence-corrected chi connectivity index (χ0v) is 18.6. The fraction of sp³-hybridized carbons (Fsp3) is 0.227. The molecule has 0 N–H and O–H groups in total. The van der Waals surface area contributed by atoms with Crippen molar-refractivity contribution < 1.29 is 18.7 Å². The van der Waals surface area contributed by atoms with Crippen molar-refractivity contribution in [2.24, 2.45) is 0 Å². The minimum Gasteiger partial charge on any atom is -0.467 e. The number of hydrogen-bond donors (Lipinski definition) is 0. The van der Waals surface area contributed by atoms with E-state index in [-0.39, 0.29) is 12.5 Å². The van der Waals surface area contributed by atoms with Crippen molar-refractivity contribution in [3.8, 4) is 0 Å². The third-order valence-corrected chi connectivity index (χ3v) is 5.13. The predicted octanol–water partition coefficient (Wildman–Crippen LogP) is 4.35. The third-order valence-electron chi connectivity index (χ3n) is 4.48. The Morgan fingerprint density at radius 1 is 1.23 bits per heavy atom. The number of benzene rings is 1. The van der Waals surface area contributed by atoms with Gasteiger partial charge in [0.2, 0.25) is 0 Å². The Balaban J connectivity index is 1.55. The molecule has 9 heteroatoms. The molecule has 0 aliphatic heterocycles. The average molecular weight is 462 g/mol. The van der Waals surface area contributed by atoms with Crippen LogP contribution in [-0.2, 0) is 27.4 Å². The summed E-state index contributed by atoms with van der Waals surface area (Å²) in [5.74, 6) is -0.355. The molecule has 1 amide bonds. The molecule has 1 aromatic carbocycles. The van der Waals surface area contributed by atoms with Gasteiger partial charge in [0.15, 0.2) is 6.61 Å². The number of aromatic nitrogens is 2. The van der Waals surface area contributed by atoms with Crippen LogP contribution in [0.4, 0.5) is 0 Å². The molecule has 0 aliphatic carbocycles. The van der Waals surface area contributed by atoms with Crippen molar-refractivity contribution >= 4 is 41.2 Å². The van der Waals surface area contributed by atoms with Gasteiger partial charge in [0.05, 0.1) is 25.0 Å². The smallest absolute Gasteiger partial charge is 0.331 e. The highest BCUT2D eigenvalue weighted by Crippen LogP contribution is 2.22. The van der Waals surface area contributed by atoms with Crippen LogP contribution in [0.3, 0.4) is 0 Å². The van der Waals surface area contributed by atoms with Gasteiger partial charge in [-0.05, 0) is 42.8 Å². The predicted molar refractivity (Wildman–Crippen MR) is 118 cm³/mol. The minimum atomic E-state index is -0.652. The molecule has 3 aromatic rings. The summed E-state index contributed by atoms with van der Waals surface area (Å²) in [7, 11) is 1.60. The monoisotopic (exact) mass is 461 g/mol. The number of hydrogen-bond acceptors (Lipinski definition) is 5. The van der Waals surface area contributed by atoms with Gasteiger partial charge in [-0.2, -0.15) is 5.10 Å². The van der Waals surface area contributed by atoms with E-state index < -0.39 is 5.97 Å². The highest BCUT2D eigenvalue weighted by molar-refractivity contribution is 6.31.